The van der Waals surface area contributed by atoms with Crippen LogP contribution in [0.1, 0.15) is 72.9 Å². The summed E-state index contributed by atoms with van der Waals surface area (Å²) in [7, 11) is 1.39. The number of nitrogens with one attached hydrogen (secondary N) is 4. The molecular formula is C47H58ClN11O7. The second kappa shape index (κ2) is 22.5. The maximum absolute atomic E-state index is 14.7. The van der Waals surface area contributed by atoms with Gasteiger partial charge in [0.15, 0.2) is 5.82 Å². The zero-order valence-corrected chi connectivity index (χ0v) is 38.8. The molecule has 66 heavy (non-hydrogen) atoms. The van der Waals surface area contributed by atoms with Crippen LogP contribution >= 0.6 is 11.6 Å². The van der Waals surface area contributed by atoms with E-state index >= 15 is 0 Å². The van der Waals surface area contributed by atoms with Crippen molar-refractivity contribution in [3.63, 3.8) is 0 Å². The van der Waals surface area contributed by atoms with Crippen LogP contribution in [0, 0.1) is 18.3 Å². The highest BCUT2D eigenvalue weighted by atomic mass is 35.5. The molecule has 0 fully saturated rings. The molecule has 0 aliphatic carbocycles. The normalized spacial score (nSPS) is 16.7. The number of halogens is 1. The molecule has 2 heterocycles. The van der Waals surface area contributed by atoms with E-state index in [4.69, 9.17) is 43.5 Å². The van der Waals surface area contributed by atoms with Crippen LogP contribution in [-0.2, 0) is 31.0 Å². The third-order valence-electron chi connectivity index (χ3n) is 10.9. The van der Waals surface area contributed by atoms with Crippen LogP contribution in [0.3, 0.4) is 0 Å². The first-order chi connectivity index (χ1) is 31.4. The Bertz CT molecular complexity index is 2450. The first-order valence-corrected chi connectivity index (χ1v) is 21.9. The van der Waals surface area contributed by atoms with Crippen molar-refractivity contribution in [1.29, 1.82) is 5.26 Å². The fraction of sp³-hybridized carbons (Fsp3) is 0.404. The first-order valence-electron chi connectivity index (χ1n) is 21.5. The van der Waals surface area contributed by atoms with Gasteiger partial charge in [-0.05, 0) is 73.2 Å². The molecule has 18 nitrogen and oxygen atoms in total. The molecular weight excluding hydrogens is 866 g/mol. The fourth-order valence-electron chi connectivity index (χ4n) is 7.40. The van der Waals surface area contributed by atoms with Gasteiger partial charge in [0.05, 0.1) is 17.3 Å². The van der Waals surface area contributed by atoms with Crippen molar-refractivity contribution in [1.82, 2.24) is 36.1 Å². The molecule has 0 saturated carbocycles. The van der Waals surface area contributed by atoms with E-state index in [1.165, 1.54) is 14.0 Å². The minimum absolute atomic E-state index is 0.00685. The molecule has 4 aromatic rings. The van der Waals surface area contributed by atoms with E-state index in [-0.39, 0.29) is 74.1 Å². The van der Waals surface area contributed by atoms with Gasteiger partial charge in [-0.1, -0.05) is 68.8 Å². The van der Waals surface area contributed by atoms with Crippen LogP contribution in [-0.4, -0.2) is 109 Å². The summed E-state index contributed by atoms with van der Waals surface area (Å²) in [6, 6.07) is 14.6. The van der Waals surface area contributed by atoms with E-state index < -0.39 is 53.7 Å². The van der Waals surface area contributed by atoms with Gasteiger partial charge in [0.25, 0.3) is 5.91 Å². The Hall–Kier alpha value is -6.65. The summed E-state index contributed by atoms with van der Waals surface area (Å²) in [4.78, 5) is 80.5. The SMILES string of the molecule is Cc1nc(-c2ccc(C(C)(C)C)cc2)nc(Cl)c1C(=O)NC(CCN)C(=O)N(C)[C@@H]1C(=O)N[C@@H](C)C(=O)N[C@H](C(=O)NCC#N)Cc2ccc(OCCN)c(c2)-c2cc1ccc2OCCN. The van der Waals surface area contributed by atoms with Crippen LogP contribution in [0.4, 0.5) is 0 Å². The summed E-state index contributed by atoms with van der Waals surface area (Å²) < 4.78 is 12.2. The Labute approximate surface area is 389 Å². The Morgan fingerprint density at radius 3 is 2.15 bits per heavy atom. The summed E-state index contributed by atoms with van der Waals surface area (Å²) in [6.07, 6.45) is -0.0497. The van der Waals surface area contributed by atoms with Gasteiger partial charge in [-0.15, -0.1) is 0 Å². The van der Waals surface area contributed by atoms with Crippen molar-refractivity contribution in [2.75, 3.05) is 46.4 Å². The molecule has 5 amide bonds. The molecule has 350 valence electrons. The Balaban J connectivity index is 1.57. The summed E-state index contributed by atoms with van der Waals surface area (Å²) in [5.41, 5.74) is 21.4. The van der Waals surface area contributed by atoms with Crippen LogP contribution in [0.5, 0.6) is 11.5 Å². The number of nitriles is 1. The standard InChI is InChI=1S/C47H58ClN11O7/c1-26-38(40(48)58-41(54-26)29-8-11-31(12-9-29)47(3,4)5)44(62)56-34(15-16-49)46(64)59(6)39-30-10-14-37(66-22-19-52)33(25-30)32-23-28(7-13-36(32)65-21-18-51)24-35(43(61)53-20-17-50)57-42(60)27(2)55-45(39)63/h7-14,23,25,27,34-35,39H,15-16,18-22,24,49,51-52H2,1-6H3,(H,53,61)(H,55,63)(H,56,62)(H,57,60)/t27-,34?,35-,39-/m0/s1. The van der Waals surface area contributed by atoms with E-state index in [2.05, 4.69) is 52.0 Å². The zero-order chi connectivity index (χ0) is 48.3. The van der Waals surface area contributed by atoms with Crippen molar-refractivity contribution in [3.05, 3.63) is 93.8 Å². The van der Waals surface area contributed by atoms with Gasteiger partial charge in [-0.25, -0.2) is 9.97 Å². The average Bonchev–Trinajstić information content (AvgIpc) is 3.28. The van der Waals surface area contributed by atoms with E-state index in [0.29, 0.717) is 45.1 Å². The summed E-state index contributed by atoms with van der Waals surface area (Å²) in [6.45, 7) is 9.65. The van der Waals surface area contributed by atoms with Gasteiger partial charge >= 0.3 is 0 Å². The van der Waals surface area contributed by atoms with Crippen molar-refractivity contribution < 1.29 is 33.4 Å². The minimum Gasteiger partial charge on any atom is -0.492 e. The van der Waals surface area contributed by atoms with Crippen LogP contribution in [0.25, 0.3) is 22.5 Å². The molecule has 1 aliphatic heterocycles. The van der Waals surface area contributed by atoms with E-state index in [1.807, 2.05) is 30.3 Å². The highest BCUT2D eigenvalue weighted by Gasteiger charge is 2.36. The Morgan fingerprint density at radius 2 is 1.56 bits per heavy atom. The number of fused-ring (bicyclic) bond motifs is 5. The Kier molecular flexibility index (Phi) is 17.2. The van der Waals surface area contributed by atoms with E-state index in [1.54, 1.807) is 43.3 Å². The number of hydrogen-bond acceptors (Lipinski definition) is 13. The average molecular weight is 925 g/mol. The molecule has 4 atom stereocenters. The third-order valence-corrected chi connectivity index (χ3v) is 11.2. The maximum Gasteiger partial charge on any atom is 0.256 e. The zero-order valence-electron chi connectivity index (χ0n) is 38.0. The number of nitrogens with two attached hydrogens (primary N) is 3. The van der Waals surface area contributed by atoms with Gasteiger partial charge in [0, 0.05) is 43.2 Å². The molecule has 0 radical (unpaired) electrons. The quantitative estimate of drug-likeness (QED) is 0.0668. The molecule has 4 bridgehead atoms. The van der Waals surface area contributed by atoms with Crippen molar-refractivity contribution in [2.24, 2.45) is 17.2 Å². The number of carbonyl (C=O) groups excluding carboxylic acids is 5. The van der Waals surface area contributed by atoms with E-state index in [0.717, 1.165) is 10.5 Å². The van der Waals surface area contributed by atoms with Gasteiger partial charge in [0.1, 0.15) is 60.6 Å². The Morgan fingerprint density at radius 1 is 0.924 bits per heavy atom. The minimum atomic E-state index is -1.43. The van der Waals surface area contributed by atoms with Crippen molar-refractivity contribution >= 4 is 41.1 Å². The van der Waals surface area contributed by atoms with Crippen LogP contribution in [0.2, 0.25) is 5.15 Å². The van der Waals surface area contributed by atoms with Crippen LogP contribution < -0.4 is 47.9 Å². The lowest BCUT2D eigenvalue weighted by Crippen LogP contribution is -2.56. The predicted molar refractivity (Wildman–Crippen MR) is 249 cm³/mol. The number of hydrogen-bond donors (Lipinski definition) is 7. The van der Waals surface area contributed by atoms with E-state index in [9.17, 15) is 24.0 Å². The molecule has 0 saturated heterocycles. The number of aromatic nitrogens is 2. The largest absolute Gasteiger partial charge is 0.492 e. The molecule has 1 aliphatic rings. The first kappa shape index (κ1) is 50.4. The number of carbonyl (C=O) groups is 5. The lowest BCUT2D eigenvalue weighted by Gasteiger charge is -2.32. The lowest BCUT2D eigenvalue weighted by molar-refractivity contribution is -0.141. The second-order valence-corrected chi connectivity index (χ2v) is 17.2. The van der Waals surface area contributed by atoms with Crippen molar-refractivity contribution in [2.45, 2.75) is 77.0 Å². The molecule has 19 heteroatoms. The van der Waals surface area contributed by atoms with Gasteiger partial charge in [-0.2, -0.15) is 5.26 Å². The van der Waals surface area contributed by atoms with Gasteiger partial charge in [0.2, 0.25) is 23.6 Å². The summed E-state index contributed by atoms with van der Waals surface area (Å²) >= 11 is 6.67. The number of aryl methyl sites for hydroxylation is 1. The number of rotatable bonds is 15. The summed E-state index contributed by atoms with van der Waals surface area (Å²) in [5.74, 6) is -2.50. The second-order valence-electron chi connectivity index (χ2n) is 16.8. The van der Waals surface area contributed by atoms with Crippen molar-refractivity contribution in [3.8, 4) is 40.1 Å². The predicted octanol–water partition coefficient (Wildman–Crippen LogP) is 2.58. The topological polar surface area (TPSA) is 283 Å². The summed E-state index contributed by atoms with van der Waals surface area (Å²) in [5, 5.41) is 19.7. The molecule has 10 N–H and O–H groups in total. The molecule has 3 aromatic carbocycles. The number of benzene rings is 3. The lowest BCUT2D eigenvalue weighted by atomic mass is 9.87. The smallest absolute Gasteiger partial charge is 0.256 e. The number of amides is 5. The monoisotopic (exact) mass is 923 g/mol. The highest BCUT2D eigenvalue weighted by molar-refractivity contribution is 6.33. The van der Waals surface area contributed by atoms with Crippen LogP contribution in [0.15, 0.2) is 60.7 Å². The number of likely N-dealkylation sites (N-methyl/N-ethyl adjacent to an activating group) is 1. The highest BCUT2D eigenvalue weighted by Crippen LogP contribution is 2.40. The van der Waals surface area contributed by atoms with Gasteiger partial charge in [-0.3, -0.25) is 24.0 Å². The third kappa shape index (κ3) is 12.2. The fourth-order valence-corrected chi connectivity index (χ4v) is 7.71. The molecule has 1 aromatic heterocycles. The molecule has 1 unspecified atom stereocenters. The molecule has 0 spiro atoms. The number of nitrogens with zero attached hydrogens (tertiary/aromatic N) is 4. The number of ether oxygens (including phenoxy) is 2. The molecule has 5 rings (SSSR count). The van der Waals surface area contributed by atoms with Gasteiger partial charge < -0.3 is 52.8 Å². The maximum atomic E-state index is 14.7.